The number of carbonyl (C=O) groups is 1. The van der Waals surface area contributed by atoms with E-state index in [-0.39, 0.29) is 19.1 Å². The minimum Gasteiger partial charge on any atom is -0.396 e. The van der Waals surface area contributed by atoms with Crippen LogP contribution in [-0.2, 0) is 4.79 Å². The smallest absolute Gasteiger partial charge is 0.240 e. The Morgan fingerprint density at radius 3 is 2.57 bits per heavy atom. The SMILES string of the molecule is N#CC1(NC(=O)CN(CCCO)c2ccccc2)CCCCC1. The van der Waals surface area contributed by atoms with E-state index in [9.17, 15) is 10.1 Å². The number of aliphatic hydroxyl groups excluding tert-OH is 1. The molecule has 0 saturated heterocycles. The van der Waals surface area contributed by atoms with Gasteiger partial charge in [-0.2, -0.15) is 5.26 Å². The zero-order chi connectivity index (χ0) is 16.5. The van der Waals surface area contributed by atoms with E-state index >= 15 is 0 Å². The van der Waals surface area contributed by atoms with E-state index < -0.39 is 5.54 Å². The fraction of sp³-hybridized carbons (Fsp3) is 0.556. The predicted octanol–water partition coefficient (Wildman–Crippen LogP) is 2.22. The number of benzene rings is 1. The second-order valence-electron chi connectivity index (χ2n) is 6.14. The van der Waals surface area contributed by atoms with Crippen molar-refractivity contribution >= 4 is 11.6 Å². The molecule has 0 heterocycles. The van der Waals surface area contributed by atoms with Crippen molar-refractivity contribution in [2.24, 2.45) is 0 Å². The van der Waals surface area contributed by atoms with Gasteiger partial charge in [0.15, 0.2) is 0 Å². The highest BCUT2D eigenvalue weighted by Crippen LogP contribution is 2.27. The van der Waals surface area contributed by atoms with Crippen molar-refractivity contribution in [3.63, 3.8) is 0 Å². The molecule has 0 bridgehead atoms. The lowest BCUT2D eigenvalue weighted by molar-refractivity contribution is -0.121. The summed E-state index contributed by atoms with van der Waals surface area (Å²) in [4.78, 5) is 14.4. The van der Waals surface area contributed by atoms with Gasteiger partial charge in [0.05, 0.1) is 12.6 Å². The van der Waals surface area contributed by atoms with E-state index in [1.807, 2.05) is 35.2 Å². The maximum atomic E-state index is 12.5. The third-order valence-electron chi connectivity index (χ3n) is 4.34. The van der Waals surface area contributed by atoms with Crippen LogP contribution in [0.2, 0.25) is 0 Å². The van der Waals surface area contributed by atoms with Crippen molar-refractivity contribution in [2.45, 2.75) is 44.1 Å². The molecule has 1 fully saturated rings. The molecule has 1 saturated carbocycles. The Morgan fingerprint density at radius 2 is 1.96 bits per heavy atom. The summed E-state index contributed by atoms with van der Waals surface area (Å²) in [6.07, 6.45) is 5.17. The third-order valence-corrected chi connectivity index (χ3v) is 4.34. The van der Waals surface area contributed by atoms with Crippen LogP contribution >= 0.6 is 0 Å². The molecule has 23 heavy (non-hydrogen) atoms. The number of anilines is 1. The number of amides is 1. The summed E-state index contributed by atoms with van der Waals surface area (Å²) in [7, 11) is 0. The highest BCUT2D eigenvalue weighted by Gasteiger charge is 2.33. The Bertz CT molecular complexity index is 533. The van der Waals surface area contributed by atoms with Crippen LogP contribution < -0.4 is 10.2 Å². The molecule has 1 amide bonds. The van der Waals surface area contributed by atoms with Gasteiger partial charge in [-0.1, -0.05) is 37.5 Å². The number of rotatable bonds is 7. The summed E-state index contributed by atoms with van der Waals surface area (Å²) >= 11 is 0. The van der Waals surface area contributed by atoms with E-state index in [0.29, 0.717) is 13.0 Å². The molecule has 0 atom stereocenters. The van der Waals surface area contributed by atoms with Crippen LogP contribution in [0.25, 0.3) is 0 Å². The molecular weight excluding hydrogens is 290 g/mol. The highest BCUT2D eigenvalue weighted by molar-refractivity contribution is 5.82. The minimum atomic E-state index is -0.700. The zero-order valence-corrected chi connectivity index (χ0v) is 13.5. The lowest BCUT2D eigenvalue weighted by atomic mass is 9.83. The van der Waals surface area contributed by atoms with E-state index in [4.69, 9.17) is 5.11 Å². The van der Waals surface area contributed by atoms with Crippen LogP contribution in [0.5, 0.6) is 0 Å². The average molecular weight is 315 g/mol. The molecule has 124 valence electrons. The van der Waals surface area contributed by atoms with Gasteiger partial charge in [0.1, 0.15) is 5.54 Å². The number of para-hydroxylation sites is 1. The first-order valence-electron chi connectivity index (χ1n) is 8.32. The number of hydrogen-bond acceptors (Lipinski definition) is 4. The molecule has 1 aliphatic rings. The van der Waals surface area contributed by atoms with E-state index in [2.05, 4.69) is 11.4 Å². The Morgan fingerprint density at radius 1 is 1.26 bits per heavy atom. The summed E-state index contributed by atoms with van der Waals surface area (Å²) in [6.45, 7) is 0.897. The Kier molecular flexibility index (Phi) is 6.42. The second kappa shape index (κ2) is 8.54. The van der Waals surface area contributed by atoms with Crippen LogP contribution in [0.15, 0.2) is 30.3 Å². The standard InChI is InChI=1S/C18H25N3O2/c19-15-18(10-5-2-6-11-18)20-17(23)14-21(12-7-13-22)16-8-3-1-4-9-16/h1,3-4,8-9,22H,2,5-7,10-14H2,(H,20,23). The van der Waals surface area contributed by atoms with Gasteiger partial charge < -0.3 is 15.3 Å². The fourth-order valence-corrected chi connectivity index (χ4v) is 3.10. The van der Waals surface area contributed by atoms with Gasteiger partial charge in [0.2, 0.25) is 5.91 Å². The first-order chi connectivity index (χ1) is 11.2. The number of nitrogens with zero attached hydrogens (tertiary/aromatic N) is 2. The van der Waals surface area contributed by atoms with Crippen LogP contribution in [0, 0.1) is 11.3 Å². The molecule has 2 N–H and O–H groups in total. The summed E-state index contributed by atoms with van der Waals surface area (Å²) in [5.74, 6) is -0.129. The van der Waals surface area contributed by atoms with Crippen molar-refractivity contribution in [3.8, 4) is 6.07 Å². The van der Waals surface area contributed by atoms with Crippen molar-refractivity contribution in [3.05, 3.63) is 30.3 Å². The Hall–Kier alpha value is -2.06. The van der Waals surface area contributed by atoms with Gasteiger partial charge in [-0.25, -0.2) is 0 Å². The summed E-state index contributed by atoms with van der Waals surface area (Å²) in [5, 5.41) is 21.5. The van der Waals surface area contributed by atoms with Gasteiger partial charge in [0, 0.05) is 18.8 Å². The maximum Gasteiger partial charge on any atom is 0.240 e. The first-order valence-corrected chi connectivity index (χ1v) is 8.32. The van der Waals surface area contributed by atoms with Crippen LogP contribution in [0.4, 0.5) is 5.69 Å². The highest BCUT2D eigenvalue weighted by atomic mass is 16.3. The largest absolute Gasteiger partial charge is 0.396 e. The number of hydrogen-bond donors (Lipinski definition) is 2. The van der Waals surface area contributed by atoms with Gasteiger partial charge in [0.25, 0.3) is 0 Å². The maximum absolute atomic E-state index is 12.5. The Labute approximate surface area is 137 Å². The molecule has 5 heteroatoms. The summed E-state index contributed by atoms with van der Waals surface area (Å²) < 4.78 is 0. The number of nitrogens with one attached hydrogen (secondary N) is 1. The molecule has 0 radical (unpaired) electrons. The quantitative estimate of drug-likeness (QED) is 0.809. The lowest BCUT2D eigenvalue weighted by Gasteiger charge is -2.33. The lowest BCUT2D eigenvalue weighted by Crippen LogP contribution is -2.51. The molecule has 5 nitrogen and oxygen atoms in total. The van der Waals surface area contributed by atoms with Crippen LogP contribution in [0.1, 0.15) is 38.5 Å². The molecule has 0 spiro atoms. The third kappa shape index (κ3) is 4.97. The summed E-state index contributed by atoms with van der Waals surface area (Å²) in [6, 6.07) is 12.0. The average Bonchev–Trinajstić information content (AvgIpc) is 2.60. The molecule has 1 aromatic rings. The molecule has 0 aliphatic heterocycles. The van der Waals surface area contributed by atoms with Crippen molar-refractivity contribution in [1.82, 2.24) is 5.32 Å². The normalized spacial score (nSPS) is 16.3. The Balaban J connectivity index is 2.01. The number of carbonyl (C=O) groups excluding carboxylic acids is 1. The molecule has 1 aromatic carbocycles. The van der Waals surface area contributed by atoms with E-state index in [1.165, 1.54) is 0 Å². The van der Waals surface area contributed by atoms with Gasteiger partial charge >= 0.3 is 0 Å². The number of nitriles is 1. The molecule has 0 aromatic heterocycles. The summed E-state index contributed by atoms with van der Waals surface area (Å²) in [5.41, 5.74) is 0.250. The van der Waals surface area contributed by atoms with Crippen molar-refractivity contribution in [1.29, 1.82) is 5.26 Å². The second-order valence-corrected chi connectivity index (χ2v) is 6.14. The van der Waals surface area contributed by atoms with Gasteiger partial charge in [-0.05, 0) is 31.4 Å². The monoisotopic (exact) mass is 315 g/mol. The van der Waals surface area contributed by atoms with Gasteiger partial charge in [-0.3, -0.25) is 4.79 Å². The number of aliphatic hydroxyl groups is 1. The minimum absolute atomic E-state index is 0.0904. The van der Waals surface area contributed by atoms with E-state index in [0.717, 1.165) is 37.8 Å². The molecule has 1 aliphatic carbocycles. The fourth-order valence-electron chi connectivity index (χ4n) is 3.10. The van der Waals surface area contributed by atoms with Crippen LogP contribution in [-0.4, -0.2) is 36.2 Å². The predicted molar refractivity (Wildman–Crippen MR) is 89.9 cm³/mol. The van der Waals surface area contributed by atoms with Gasteiger partial charge in [-0.15, -0.1) is 0 Å². The van der Waals surface area contributed by atoms with Crippen molar-refractivity contribution < 1.29 is 9.90 Å². The van der Waals surface area contributed by atoms with Crippen LogP contribution in [0.3, 0.4) is 0 Å². The zero-order valence-electron chi connectivity index (χ0n) is 13.5. The molecular formula is C18H25N3O2. The van der Waals surface area contributed by atoms with E-state index in [1.54, 1.807) is 0 Å². The topological polar surface area (TPSA) is 76.4 Å². The molecule has 2 rings (SSSR count). The van der Waals surface area contributed by atoms with Crippen molar-refractivity contribution in [2.75, 3.05) is 24.6 Å². The molecule has 0 unspecified atom stereocenters. The first kappa shape index (κ1) is 17.3.